The van der Waals surface area contributed by atoms with Crippen LogP contribution in [0.2, 0.25) is 0 Å². The van der Waals surface area contributed by atoms with Crippen LogP contribution in [0.4, 0.5) is 5.69 Å². The van der Waals surface area contributed by atoms with Crippen LogP contribution in [0.25, 0.3) is 0 Å². The molecule has 1 aromatic rings. The Bertz CT molecular complexity index is 320. The third kappa shape index (κ3) is 1.75. The molecule has 0 aromatic heterocycles. The minimum atomic E-state index is 0.238. The Morgan fingerprint density at radius 2 is 1.92 bits per heavy atom. The molecule has 0 saturated carbocycles. The van der Waals surface area contributed by atoms with Crippen molar-refractivity contribution >= 4 is 27.5 Å². The van der Waals surface area contributed by atoms with Crippen molar-refractivity contribution in [3.05, 3.63) is 28.7 Å². The van der Waals surface area contributed by atoms with Gasteiger partial charge in [0.25, 0.3) is 0 Å². The van der Waals surface area contributed by atoms with Crippen LogP contribution in [0, 0.1) is 0 Å². The Morgan fingerprint density at radius 1 is 1.23 bits per heavy atom. The van der Waals surface area contributed by atoms with Crippen molar-refractivity contribution in [2.24, 2.45) is 0 Å². The number of anilines is 1. The van der Waals surface area contributed by atoms with Crippen molar-refractivity contribution in [3.63, 3.8) is 0 Å². The van der Waals surface area contributed by atoms with Gasteiger partial charge < -0.3 is 4.90 Å². The highest BCUT2D eigenvalue weighted by Crippen LogP contribution is 2.22. The lowest BCUT2D eigenvalue weighted by atomic mass is 10.3. The second-order valence-electron chi connectivity index (χ2n) is 3.13. The van der Waals surface area contributed by atoms with E-state index in [1.165, 1.54) is 0 Å². The first-order chi connectivity index (χ1) is 6.27. The van der Waals surface area contributed by atoms with Crippen LogP contribution in [0.15, 0.2) is 28.7 Å². The van der Waals surface area contributed by atoms with Crippen LogP contribution in [0.5, 0.6) is 0 Å². The Kier molecular flexibility index (Phi) is 2.36. The quantitative estimate of drug-likeness (QED) is 0.692. The number of carbonyl (C=O) groups excluding carboxylic acids is 1. The molecule has 0 aliphatic carbocycles. The molecule has 1 aliphatic rings. The minimum absolute atomic E-state index is 0.238. The zero-order valence-electron chi connectivity index (χ0n) is 7.16. The normalized spacial score (nSPS) is 16.7. The Balaban J connectivity index is 2.25. The van der Waals surface area contributed by atoms with Crippen molar-refractivity contribution in [1.82, 2.24) is 0 Å². The molecule has 1 aliphatic heterocycles. The van der Waals surface area contributed by atoms with E-state index in [1.807, 2.05) is 29.2 Å². The summed E-state index contributed by atoms with van der Waals surface area (Å²) in [5.74, 6) is 0.238. The molecule has 2 nitrogen and oxygen atoms in total. The third-order valence-electron chi connectivity index (χ3n) is 2.21. The summed E-state index contributed by atoms with van der Waals surface area (Å²) in [4.78, 5) is 13.2. The third-order valence-corrected chi connectivity index (χ3v) is 2.74. The second kappa shape index (κ2) is 3.50. The molecule has 1 heterocycles. The summed E-state index contributed by atoms with van der Waals surface area (Å²) in [7, 11) is 0. The van der Waals surface area contributed by atoms with Crippen molar-refractivity contribution in [2.45, 2.75) is 12.8 Å². The molecule has 68 valence electrons. The maximum absolute atomic E-state index is 11.4. The van der Waals surface area contributed by atoms with E-state index in [0.717, 1.165) is 23.1 Å². The van der Waals surface area contributed by atoms with Gasteiger partial charge in [0, 0.05) is 23.1 Å². The first-order valence-corrected chi connectivity index (χ1v) is 5.12. The van der Waals surface area contributed by atoms with Gasteiger partial charge >= 0.3 is 0 Å². The smallest absolute Gasteiger partial charge is 0.227 e. The first kappa shape index (κ1) is 8.75. The number of benzene rings is 1. The minimum Gasteiger partial charge on any atom is -0.312 e. The standard InChI is InChI=1S/C10H10BrNO/c11-8-3-5-9(6-4-8)12-7-1-2-10(12)13/h3-6H,1-2,7H2/i10+1. The Hall–Kier alpha value is -0.830. The summed E-state index contributed by atoms with van der Waals surface area (Å²) in [6, 6.07) is 7.85. The van der Waals surface area contributed by atoms with E-state index in [0.29, 0.717) is 6.42 Å². The van der Waals surface area contributed by atoms with Crippen molar-refractivity contribution in [3.8, 4) is 0 Å². The van der Waals surface area contributed by atoms with Gasteiger partial charge in [-0.3, -0.25) is 4.79 Å². The van der Waals surface area contributed by atoms with Crippen LogP contribution in [-0.4, -0.2) is 12.5 Å². The van der Waals surface area contributed by atoms with Gasteiger partial charge in [0.2, 0.25) is 5.91 Å². The number of carbonyl (C=O) groups is 1. The molecule has 3 heteroatoms. The highest BCUT2D eigenvalue weighted by molar-refractivity contribution is 9.10. The summed E-state index contributed by atoms with van der Waals surface area (Å²) in [5, 5.41) is 0. The molecular weight excluding hydrogens is 231 g/mol. The monoisotopic (exact) mass is 240 g/mol. The van der Waals surface area contributed by atoms with E-state index < -0.39 is 0 Å². The fourth-order valence-electron chi connectivity index (χ4n) is 1.54. The number of amides is 1. The average Bonchev–Trinajstić information content (AvgIpc) is 2.53. The highest BCUT2D eigenvalue weighted by atomic mass is 79.9. The molecule has 13 heavy (non-hydrogen) atoms. The molecule has 0 unspecified atom stereocenters. The summed E-state index contributed by atoms with van der Waals surface area (Å²) in [6.07, 6.45) is 1.67. The van der Waals surface area contributed by atoms with Gasteiger partial charge in [0.1, 0.15) is 0 Å². The number of rotatable bonds is 1. The number of hydrogen-bond acceptors (Lipinski definition) is 1. The predicted molar refractivity (Wildman–Crippen MR) is 55.7 cm³/mol. The largest absolute Gasteiger partial charge is 0.312 e. The molecule has 1 fully saturated rings. The van der Waals surface area contributed by atoms with Gasteiger partial charge in [0.15, 0.2) is 0 Å². The van der Waals surface area contributed by atoms with Gasteiger partial charge in [-0.1, -0.05) is 15.9 Å². The van der Waals surface area contributed by atoms with E-state index >= 15 is 0 Å². The molecule has 0 atom stereocenters. The van der Waals surface area contributed by atoms with Gasteiger partial charge in [-0.25, -0.2) is 0 Å². The first-order valence-electron chi connectivity index (χ1n) is 4.33. The predicted octanol–water partition coefficient (Wildman–Crippen LogP) is 2.58. The van der Waals surface area contributed by atoms with Crippen LogP contribution < -0.4 is 4.90 Å². The SMILES string of the molecule is O=[13C]1CCCN1c1ccc(Br)cc1. The van der Waals surface area contributed by atoms with E-state index in [2.05, 4.69) is 15.9 Å². The van der Waals surface area contributed by atoms with Crippen LogP contribution in [0.3, 0.4) is 0 Å². The van der Waals surface area contributed by atoms with Gasteiger partial charge in [-0.05, 0) is 30.7 Å². The lowest BCUT2D eigenvalue weighted by Crippen LogP contribution is -2.23. The van der Waals surface area contributed by atoms with Crippen molar-refractivity contribution < 1.29 is 4.79 Å². The molecule has 1 amide bonds. The molecule has 2 rings (SSSR count). The molecular formula is C10H10BrNO. The molecule has 0 bridgehead atoms. The van der Waals surface area contributed by atoms with E-state index in [4.69, 9.17) is 0 Å². The van der Waals surface area contributed by atoms with Gasteiger partial charge in [0.05, 0.1) is 0 Å². The lowest BCUT2D eigenvalue weighted by Gasteiger charge is -2.15. The summed E-state index contributed by atoms with van der Waals surface area (Å²) in [5.41, 5.74) is 1.01. The van der Waals surface area contributed by atoms with Crippen LogP contribution in [0.1, 0.15) is 12.8 Å². The fourth-order valence-corrected chi connectivity index (χ4v) is 1.81. The highest BCUT2D eigenvalue weighted by Gasteiger charge is 2.20. The molecule has 1 aromatic carbocycles. The van der Waals surface area contributed by atoms with Gasteiger partial charge in [-0.2, -0.15) is 0 Å². The maximum atomic E-state index is 11.4. The molecule has 0 N–H and O–H groups in total. The Labute approximate surface area is 85.7 Å². The maximum Gasteiger partial charge on any atom is 0.227 e. The van der Waals surface area contributed by atoms with E-state index in [1.54, 1.807) is 0 Å². The van der Waals surface area contributed by atoms with Crippen molar-refractivity contribution in [2.75, 3.05) is 11.4 Å². The Morgan fingerprint density at radius 3 is 2.46 bits per heavy atom. The van der Waals surface area contributed by atoms with E-state index in [-0.39, 0.29) is 5.91 Å². The van der Waals surface area contributed by atoms with E-state index in [9.17, 15) is 4.79 Å². The molecule has 1 saturated heterocycles. The average molecular weight is 241 g/mol. The number of hydrogen-bond donors (Lipinski definition) is 0. The summed E-state index contributed by atoms with van der Waals surface area (Å²) in [6.45, 7) is 0.862. The molecule has 0 spiro atoms. The topological polar surface area (TPSA) is 20.3 Å². The van der Waals surface area contributed by atoms with Gasteiger partial charge in [-0.15, -0.1) is 0 Å². The second-order valence-corrected chi connectivity index (χ2v) is 4.04. The zero-order valence-corrected chi connectivity index (χ0v) is 8.75. The summed E-state index contributed by atoms with van der Waals surface area (Å²) < 4.78 is 1.04. The number of nitrogens with zero attached hydrogens (tertiary/aromatic N) is 1. The summed E-state index contributed by atoms with van der Waals surface area (Å²) >= 11 is 3.37. The van der Waals surface area contributed by atoms with Crippen molar-refractivity contribution in [1.29, 1.82) is 0 Å². The molecule has 0 radical (unpaired) electrons. The fraction of sp³-hybridized carbons (Fsp3) is 0.300. The lowest BCUT2D eigenvalue weighted by molar-refractivity contribution is -0.117. The number of halogens is 1. The van der Waals surface area contributed by atoms with Crippen LogP contribution in [-0.2, 0) is 4.79 Å². The zero-order chi connectivity index (χ0) is 9.26. The van der Waals surface area contributed by atoms with Crippen LogP contribution >= 0.6 is 15.9 Å².